The van der Waals surface area contributed by atoms with E-state index < -0.39 is 11.7 Å². The van der Waals surface area contributed by atoms with Gasteiger partial charge in [0.05, 0.1) is 11.1 Å². The van der Waals surface area contributed by atoms with Gasteiger partial charge in [0.2, 0.25) is 0 Å². The molecule has 0 saturated heterocycles. The number of thiophene rings is 1. The molecule has 1 aliphatic carbocycles. The third-order valence-corrected chi connectivity index (χ3v) is 7.92. The van der Waals surface area contributed by atoms with Crippen LogP contribution in [-0.2, 0) is 25.4 Å². The topological polar surface area (TPSA) is 42.0 Å². The molecule has 1 unspecified atom stereocenters. The maximum absolute atomic E-state index is 13.0. The summed E-state index contributed by atoms with van der Waals surface area (Å²) in [5.41, 5.74) is 1.47. The van der Waals surface area contributed by atoms with Gasteiger partial charge >= 0.3 is 6.18 Å². The van der Waals surface area contributed by atoms with Crippen LogP contribution in [0, 0.1) is 5.92 Å². The number of benzene rings is 1. The summed E-state index contributed by atoms with van der Waals surface area (Å²) in [6, 6.07) is 3.28. The first-order chi connectivity index (χ1) is 14.7. The Morgan fingerprint density at radius 1 is 1.35 bits per heavy atom. The summed E-state index contributed by atoms with van der Waals surface area (Å²) < 4.78 is 38.9. The van der Waals surface area contributed by atoms with Crippen molar-refractivity contribution in [3.05, 3.63) is 66.8 Å². The molecular formula is C22H20ClF3N2OS2. The molecule has 3 nitrogen and oxygen atoms in total. The third kappa shape index (κ3) is 4.96. The van der Waals surface area contributed by atoms with E-state index in [1.165, 1.54) is 22.3 Å². The highest BCUT2D eigenvalue weighted by Crippen LogP contribution is 2.35. The highest BCUT2D eigenvalue weighted by molar-refractivity contribution is 7.15. The molecule has 3 aromatic rings. The summed E-state index contributed by atoms with van der Waals surface area (Å²) in [6.07, 6.45) is 1.54. The van der Waals surface area contributed by atoms with Gasteiger partial charge in [-0.15, -0.1) is 22.7 Å². The standard InChI is InChI=1S/C22H20ClF3N2OS2/c1-2-12-3-5-16-17(11-30-19(16)7-12)20(29)28-21-27-10-15(31-21)9-13-8-14(22(24,25)26)4-6-18(13)23/h4,6,8,10-12H,2-3,5,7,9H2,1H3,(H,27,28,29). The first kappa shape index (κ1) is 22.3. The van der Waals surface area contributed by atoms with Crippen molar-refractivity contribution in [2.75, 3.05) is 5.32 Å². The van der Waals surface area contributed by atoms with E-state index in [0.29, 0.717) is 22.2 Å². The lowest BCUT2D eigenvalue weighted by molar-refractivity contribution is -0.137. The Labute approximate surface area is 191 Å². The molecule has 31 heavy (non-hydrogen) atoms. The zero-order chi connectivity index (χ0) is 22.2. The van der Waals surface area contributed by atoms with Gasteiger partial charge in [0.1, 0.15) is 0 Å². The van der Waals surface area contributed by atoms with E-state index in [1.54, 1.807) is 17.5 Å². The highest BCUT2D eigenvalue weighted by atomic mass is 35.5. The van der Waals surface area contributed by atoms with E-state index in [4.69, 9.17) is 11.6 Å². The van der Waals surface area contributed by atoms with Crippen LogP contribution >= 0.6 is 34.3 Å². The lowest BCUT2D eigenvalue weighted by Crippen LogP contribution is -2.17. The van der Waals surface area contributed by atoms with E-state index in [2.05, 4.69) is 17.2 Å². The molecule has 0 radical (unpaired) electrons. The molecule has 1 N–H and O–H groups in total. The van der Waals surface area contributed by atoms with Crippen molar-refractivity contribution in [3.8, 4) is 0 Å². The molecule has 0 fully saturated rings. The number of halogens is 4. The number of hydrogen-bond acceptors (Lipinski definition) is 4. The van der Waals surface area contributed by atoms with Crippen molar-refractivity contribution < 1.29 is 18.0 Å². The Morgan fingerprint density at radius 2 is 2.16 bits per heavy atom. The second-order valence-electron chi connectivity index (χ2n) is 7.63. The summed E-state index contributed by atoms with van der Waals surface area (Å²) in [4.78, 5) is 19.0. The fraction of sp³-hybridized carbons (Fsp3) is 0.364. The van der Waals surface area contributed by atoms with Crippen LogP contribution < -0.4 is 5.32 Å². The SMILES string of the molecule is CCC1CCc2c(C(=O)Nc3ncc(Cc4cc(C(F)(F)F)ccc4Cl)s3)csc2C1. The van der Waals surface area contributed by atoms with Gasteiger partial charge in [-0.3, -0.25) is 10.1 Å². The van der Waals surface area contributed by atoms with Crippen LogP contribution in [0.1, 0.15) is 56.6 Å². The van der Waals surface area contributed by atoms with Crippen molar-refractivity contribution in [2.45, 2.75) is 45.2 Å². The molecule has 9 heteroatoms. The number of aromatic nitrogens is 1. The zero-order valence-corrected chi connectivity index (χ0v) is 19.1. The molecule has 0 bridgehead atoms. The molecular weight excluding hydrogens is 465 g/mol. The molecule has 2 heterocycles. The average Bonchev–Trinajstić information content (AvgIpc) is 3.34. The van der Waals surface area contributed by atoms with Crippen LogP contribution in [0.4, 0.5) is 18.3 Å². The van der Waals surface area contributed by atoms with E-state index in [-0.39, 0.29) is 17.4 Å². The normalized spacial score (nSPS) is 16.2. The predicted molar refractivity (Wildman–Crippen MR) is 119 cm³/mol. The van der Waals surface area contributed by atoms with Gasteiger partial charge in [-0.05, 0) is 54.5 Å². The van der Waals surface area contributed by atoms with Crippen LogP contribution in [0.3, 0.4) is 0 Å². The van der Waals surface area contributed by atoms with Crippen molar-refractivity contribution >= 4 is 45.3 Å². The highest BCUT2D eigenvalue weighted by Gasteiger charge is 2.31. The lowest BCUT2D eigenvalue weighted by atomic mass is 9.86. The van der Waals surface area contributed by atoms with Crippen molar-refractivity contribution in [3.63, 3.8) is 0 Å². The minimum Gasteiger partial charge on any atom is -0.298 e. The number of nitrogens with one attached hydrogen (secondary N) is 1. The number of fused-ring (bicyclic) bond motifs is 1. The largest absolute Gasteiger partial charge is 0.416 e. The van der Waals surface area contributed by atoms with Gasteiger partial charge in [0, 0.05) is 32.8 Å². The van der Waals surface area contributed by atoms with Crippen molar-refractivity contribution in [1.29, 1.82) is 0 Å². The number of carbonyl (C=O) groups excluding carboxylic acids is 1. The van der Waals surface area contributed by atoms with Crippen LogP contribution in [0.5, 0.6) is 0 Å². The van der Waals surface area contributed by atoms with Crippen molar-refractivity contribution in [2.24, 2.45) is 5.92 Å². The number of nitrogens with zero attached hydrogens (tertiary/aromatic N) is 1. The third-order valence-electron chi connectivity index (χ3n) is 5.59. The maximum atomic E-state index is 13.0. The Balaban J connectivity index is 1.46. The minimum atomic E-state index is -4.43. The van der Waals surface area contributed by atoms with E-state index in [9.17, 15) is 18.0 Å². The number of carbonyl (C=O) groups is 1. The van der Waals surface area contributed by atoms with Gasteiger partial charge in [-0.25, -0.2) is 4.98 Å². The van der Waals surface area contributed by atoms with E-state index in [1.807, 2.05) is 5.38 Å². The summed E-state index contributed by atoms with van der Waals surface area (Å²) in [5, 5.41) is 5.44. The first-order valence-corrected chi connectivity index (χ1v) is 12.0. The molecule has 1 amide bonds. The molecule has 0 saturated carbocycles. The number of anilines is 1. The van der Waals surface area contributed by atoms with Crippen LogP contribution in [0.25, 0.3) is 0 Å². The number of rotatable bonds is 5. The Morgan fingerprint density at radius 3 is 2.90 bits per heavy atom. The molecule has 1 atom stereocenters. The molecule has 1 aromatic carbocycles. The lowest BCUT2D eigenvalue weighted by Gasteiger charge is -2.21. The molecule has 0 spiro atoms. The number of hydrogen-bond donors (Lipinski definition) is 1. The molecule has 164 valence electrons. The fourth-order valence-corrected chi connectivity index (χ4v) is 6.02. The van der Waals surface area contributed by atoms with Crippen molar-refractivity contribution in [1.82, 2.24) is 4.98 Å². The summed E-state index contributed by atoms with van der Waals surface area (Å²) >= 11 is 8.97. The smallest absolute Gasteiger partial charge is 0.298 e. The summed E-state index contributed by atoms with van der Waals surface area (Å²) in [7, 11) is 0. The summed E-state index contributed by atoms with van der Waals surface area (Å²) in [6.45, 7) is 2.20. The fourth-order valence-electron chi connectivity index (χ4n) is 3.81. The minimum absolute atomic E-state index is 0.189. The predicted octanol–water partition coefficient (Wildman–Crippen LogP) is 7.23. The molecule has 4 rings (SSSR count). The monoisotopic (exact) mass is 484 g/mol. The van der Waals surface area contributed by atoms with Gasteiger partial charge in [-0.2, -0.15) is 13.2 Å². The Bertz CT molecular complexity index is 1110. The average molecular weight is 485 g/mol. The number of thiazole rings is 1. The van der Waals surface area contributed by atoms with Gasteiger partial charge in [0.25, 0.3) is 5.91 Å². The van der Waals surface area contributed by atoms with Crippen LogP contribution in [0.15, 0.2) is 29.8 Å². The molecule has 2 aromatic heterocycles. The van der Waals surface area contributed by atoms with E-state index >= 15 is 0 Å². The Kier molecular flexibility index (Phi) is 6.42. The number of alkyl halides is 3. The second-order valence-corrected chi connectivity index (χ2v) is 10.1. The van der Waals surface area contributed by atoms with E-state index in [0.717, 1.165) is 48.3 Å². The molecule has 0 aliphatic heterocycles. The molecule has 1 aliphatic rings. The summed E-state index contributed by atoms with van der Waals surface area (Å²) in [5.74, 6) is 0.497. The first-order valence-electron chi connectivity index (χ1n) is 9.95. The maximum Gasteiger partial charge on any atom is 0.416 e. The Hall–Kier alpha value is -1.90. The number of amides is 1. The quantitative estimate of drug-likeness (QED) is 0.415. The second kappa shape index (κ2) is 8.92. The van der Waals surface area contributed by atoms with Gasteiger partial charge in [-0.1, -0.05) is 24.9 Å². The van der Waals surface area contributed by atoms with Gasteiger partial charge < -0.3 is 0 Å². The zero-order valence-electron chi connectivity index (χ0n) is 16.7. The van der Waals surface area contributed by atoms with Crippen LogP contribution in [-0.4, -0.2) is 10.9 Å². The van der Waals surface area contributed by atoms with Gasteiger partial charge in [0.15, 0.2) is 5.13 Å². The van der Waals surface area contributed by atoms with Crippen LogP contribution in [0.2, 0.25) is 5.02 Å².